The van der Waals surface area contributed by atoms with Gasteiger partial charge in [-0.25, -0.2) is 0 Å². The van der Waals surface area contributed by atoms with Crippen LogP contribution in [0.5, 0.6) is 0 Å². The number of hydrogen-bond acceptors (Lipinski definition) is 3. The Balaban J connectivity index is 1.56. The fraction of sp³-hybridized carbons (Fsp3) is 0.933. The first kappa shape index (κ1) is 15.6. The third-order valence-corrected chi connectivity index (χ3v) is 4.74. The summed E-state index contributed by atoms with van der Waals surface area (Å²) >= 11 is 0. The highest BCUT2D eigenvalue weighted by Crippen LogP contribution is 2.51. The quantitative estimate of drug-likeness (QED) is 0.416. The first-order valence-corrected chi connectivity index (χ1v) is 7.96. The molecule has 0 amide bonds. The summed E-state index contributed by atoms with van der Waals surface area (Å²) in [4.78, 5) is 6.95. The summed E-state index contributed by atoms with van der Waals surface area (Å²) in [5.41, 5.74) is 6.38. The molecule has 0 spiro atoms. The largest absolute Gasteiger partial charge is 0.379 e. The molecule has 0 atom stereocenters. The number of hydrogen-bond donors (Lipinski definition) is 2. The van der Waals surface area contributed by atoms with E-state index in [1.54, 1.807) is 0 Å². The van der Waals surface area contributed by atoms with Crippen molar-refractivity contribution >= 4 is 5.96 Å². The molecule has 0 radical (unpaired) electrons. The Morgan fingerprint density at radius 2 is 2.05 bits per heavy atom. The van der Waals surface area contributed by atoms with Crippen LogP contribution in [0.4, 0.5) is 0 Å². The molecule has 116 valence electrons. The number of ether oxygens (including phenoxy) is 1. The first-order valence-electron chi connectivity index (χ1n) is 7.96. The molecule has 1 aliphatic carbocycles. The second-order valence-corrected chi connectivity index (χ2v) is 6.45. The number of nitrogens with zero attached hydrogens (tertiary/aromatic N) is 2. The minimum atomic E-state index is 0.445. The van der Waals surface area contributed by atoms with Crippen molar-refractivity contribution in [3.63, 3.8) is 0 Å². The standard InChI is InChI=1S/C15H30N4O/c1-13(2)15(4-5-15)12-18-14(16)17-6-3-7-19-8-10-20-11-9-19/h13H,3-12H2,1-2H3,(H3,16,17,18). The predicted octanol–water partition coefficient (Wildman–Crippen LogP) is 1.05. The number of nitrogens with one attached hydrogen (secondary N) is 1. The Hall–Kier alpha value is -0.810. The van der Waals surface area contributed by atoms with Crippen LogP contribution in [-0.4, -0.2) is 56.8 Å². The second-order valence-electron chi connectivity index (χ2n) is 6.45. The van der Waals surface area contributed by atoms with E-state index in [1.807, 2.05) is 0 Å². The zero-order valence-corrected chi connectivity index (χ0v) is 13.0. The highest BCUT2D eigenvalue weighted by Gasteiger charge is 2.44. The lowest BCUT2D eigenvalue weighted by atomic mass is 9.93. The molecule has 1 heterocycles. The number of rotatable bonds is 7. The molecule has 5 nitrogen and oxygen atoms in total. The smallest absolute Gasteiger partial charge is 0.188 e. The van der Waals surface area contributed by atoms with Gasteiger partial charge in [0.2, 0.25) is 0 Å². The molecule has 20 heavy (non-hydrogen) atoms. The van der Waals surface area contributed by atoms with Crippen molar-refractivity contribution < 1.29 is 4.74 Å². The van der Waals surface area contributed by atoms with Crippen LogP contribution in [0.1, 0.15) is 33.1 Å². The van der Waals surface area contributed by atoms with E-state index in [0.717, 1.165) is 52.4 Å². The van der Waals surface area contributed by atoms with Gasteiger partial charge in [0, 0.05) is 26.2 Å². The average molecular weight is 282 g/mol. The molecule has 0 unspecified atom stereocenters. The van der Waals surface area contributed by atoms with Gasteiger partial charge in [-0.1, -0.05) is 13.8 Å². The maximum absolute atomic E-state index is 5.93. The molecule has 0 aromatic heterocycles. The van der Waals surface area contributed by atoms with Crippen LogP contribution in [-0.2, 0) is 4.74 Å². The van der Waals surface area contributed by atoms with Gasteiger partial charge >= 0.3 is 0 Å². The van der Waals surface area contributed by atoms with E-state index in [4.69, 9.17) is 10.5 Å². The lowest BCUT2D eigenvalue weighted by molar-refractivity contribution is 0.0376. The summed E-state index contributed by atoms with van der Waals surface area (Å²) in [7, 11) is 0. The maximum Gasteiger partial charge on any atom is 0.188 e. The molecule has 1 saturated heterocycles. The van der Waals surface area contributed by atoms with Crippen LogP contribution in [0.15, 0.2) is 4.99 Å². The van der Waals surface area contributed by atoms with Crippen molar-refractivity contribution in [2.75, 3.05) is 45.9 Å². The van der Waals surface area contributed by atoms with Gasteiger partial charge in [-0.15, -0.1) is 0 Å². The molecule has 2 aliphatic rings. The first-order chi connectivity index (χ1) is 9.62. The Morgan fingerprint density at radius 1 is 1.35 bits per heavy atom. The zero-order valence-electron chi connectivity index (χ0n) is 13.0. The van der Waals surface area contributed by atoms with E-state index in [9.17, 15) is 0 Å². The maximum atomic E-state index is 5.93. The Labute approximate surface area is 122 Å². The molecule has 0 aromatic carbocycles. The van der Waals surface area contributed by atoms with Crippen molar-refractivity contribution in [3.8, 4) is 0 Å². The van der Waals surface area contributed by atoms with Crippen LogP contribution < -0.4 is 11.1 Å². The molecule has 2 fully saturated rings. The van der Waals surface area contributed by atoms with Crippen molar-refractivity contribution in [1.82, 2.24) is 10.2 Å². The van der Waals surface area contributed by atoms with E-state index >= 15 is 0 Å². The Bertz CT molecular complexity index is 320. The lowest BCUT2D eigenvalue weighted by Crippen LogP contribution is -2.39. The molecule has 3 N–H and O–H groups in total. The summed E-state index contributed by atoms with van der Waals surface area (Å²) < 4.78 is 5.34. The molecular formula is C15H30N4O. The fourth-order valence-electron chi connectivity index (χ4n) is 2.72. The van der Waals surface area contributed by atoms with E-state index < -0.39 is 0 Å². The SMILES string of the molecule is CC(C)C1(CN=C(N)NCCCN2CCOCC2)CC1. The molecule has 1 saturated carbocycles. The summed E-state index contributed by atoms with van der Waals surface area (Å²) in [6.07, 6.45) is 3.71. The summed E-state index contributed by atoms with van der Waals surface area (Å²) in [5.74, 6) is 1.32. The van der Waals surface area contributed by atoms with Gasteiger partial charge in [0.05, 0.1) is 13.2 Å². The highest BCUT2D eigenvalue weighted by atomic mass is 16.5. The van der Waals surface area contributed by atoms with E-state index in [-0.39, 0.29) is 0 Å². The van der Waals surface area contributed by atoms with Gasteiger partial charge in [-0.3, -0.25) is 9.89 Å². The molecule has 0 aromatic rings. The van der Waals surface area contributed by atoms with E-state index in [1.165, 1.54) is 12.8 Å². The third-order valence-electron chi connectivity index (χ3n) is 4.74. The molecule has 0 bridgehead atoms. The van der Waals surface area contributed by atoms with Crippen LogP contribution in [0, 0.1) is 11.3 Å². The third kappa shape index (κ3) is 4.63. The van der Waals surface area contributed by atoms with Crippen LogP contribution in [0.3, 0.4) is 0 Å². The van der Waals surface area contributed by atoms with Gasteiger partial charge in [-0.05, 0) is 37.1 Å². The summed E-state index contributed by atoms with van der Waals surface area (Å²) in [6.45, 7) is 11.3. The van der Waals surface area contributed by atoms with E-state index in [2.05, 4.69) is 29.1 Å². The summed E-state index contributed by atoms with van der Waals surface area (Å²) in [5, 5.41) is 3.23. The van der Waals surface area contributed by atoms with Crippen LogP contribution in [0.25, 0.3) is 0 Å². The van der Waals surface area contributed by atoms with Gasteiger partial charge in [0.25, 0.3) is 0 Å². The Kier molecular flexibility index (Phi) is 5.66. The van der Waals surface area contributed by atoms with Gasteiger partial charge in [0.1, 0.15) is 0 Å². The van der Waals surface area contributed by atoms with Crippen molar-refractivity contribution in [2.24, 2.45) is 22.1 Å². The number of guanidine groups is 1. The monoisotopic (exact) mass is 282 g/mol. The second kappa shape index (κ2) is 7.27. The minimum absolute atomic E-state index is 0.445. The van der Waals surface area contributed by atoms with Gasteiger partial charge in [-0.2, -0.15) is 0 Å². The van der Waals surface area contributed by atoms with E-state index in [0.29, 0.717) is 17.3 Å². The number of nitrogens with two attached hydrogens (primary N) is 1. The van der Waals surface area contributed by atoms with Crippen molar-refractivity contribution in [3.05, 3.63) is 0 Å². The Morgan fingerprint density at radius 3 is 2.65 bits per heavy atom. The molecule has 1 aliphatic heterocycles. The average Bonchev–Trinajstić information content (AvgIpc) is 3.24. The van der Waals surface area contributed by atoms with Gasteiger partial charge in [0.15, 0.2) is 5.96 Å². The molecular weight excluding hydrogens is 252 g/mol. The van der Waals surface area contributed by atoms with Gasteiger partial charge < -0.3 is 15.8 Å². The zero-order chi connectivity index (χ0) is 14.4. The minimum Gasteiger partial charge on any atom is -0.379 e. The number of morpholine rings is 1. The fourth-order valence-corrected chi connectivity index (χ4v) is 2.72. The summed E-state index contributed by atoms with van der Waals surface area (Å²) in [6, 6.07) is 0. The van der Waals surface area contributed by atoms with Crippen LogP contribution >= 0.6 is 0 Å². The predicted molar refractivity (Wildman–Crippen MR) is 82.9 cm³/mol. The number of aliphatic imine (C=N–C) groups is 1. The lowest BCUT2D eigenvalue weighted by Gasteiger charge is -2.26. The van der Waals surface area contributed by atoms with Crippen molar-refractivity contribution in [1.29, 1.82) is 0 Å². The van der Waals surface area contributed by atoms with Crippen LogP contribution in [0.2, 0.25) is 0 Å². The highest BCUT2D eigenvalue weighted by molar-refractivity contribution is 5.77. The molecule has 5 heteroatoms. The molecule has 2 rings (SSSR count). The topological polar surface area (TPSA) is 62.9 Å². The normalized spacial score (nSPS) is 23.1. The van der Waals surface area contributed by atoms with Crippen molar-refractivity contribution in [2.45, 2.75) is 33.1 Å².